The van der Waals surface area contributed by atoms with Crippen LogP contribution in [-0.4, -0.2) is 30.0 Å². The van der Waals surface area contributed by atoms with E-state index < -0.39 is 10.0 Å². The van der Waals surface area contributed by atoms with Gasteiger partial charge in [-0.3, -0.25) is 4.98 Å². The fourth-order valence-corrected chi connectivity index (χ4v) is 5.48. The standard InChI is InChI=1S/C16H20N2O2S2/c1-13-5-2-7-15(17-13)16-8-3-10-18(16)22(19,20)12-9-14-6-4-11-21-14/h2,4-7,11,16H,3,8-10,12H2,1H3/t16-/m1/s1. The van der Waals surface area contributed by atoms with E-state index in [1.165, 1.54) is 0 Å². The van der Waals surface area contributed by atoms with E-state index >= 15 is 0 Å². The lowest BCUT2D eigenvalue weighted by Gasteiger charge is -2.23. The number of rotatable bonds is 5. The van der Waals surface area contributed by atoms with E-state index in [9.17, 15) is 8.42 Å². The first-order valence-electron chi connectivity index (χ1n) is 7.52. The topological polar surface area (TPSA) is 50.3 Å². The van der Waals surface area contributed by atoms with E-state index in [0.717, 1.165) is 29.1 Å². The minimum absolute atomic E-state index is 0.103. The quantitative estimate of drug-likeness (QED) is 0.843. The van der Waals surface area contributed by atoms with Crippen LogP contribution in [0.15, 0.2) is 35.7 Å². The smallest absolute Gasteiger partial charge is 0.215 e. The summed E-state index contributed by atoms with van der Waals surface area (Å²) in [6.45, 7) is 2.54. The number of nitrogens with zero attached hydrogens (tertiary/aromatic N) is 2. The number of thiophene rings is 1. The summed E-state index contributed by atoms with van der Waals surface area (Å²) < 4.78 is 27.1. The molecule has 2 aromatic heterocycles. The second-order valence-corrected chi connectivity index (χ2v) is 8.69. The summed E-state index contributed by atoms with van der Waals surface area (Å²) in [6, 6.07) is 9.67. The molecule has 3 rings (SSSR count). The zero-order chi connectivity index (χ0) is 15.6. The van der Waals surface area contributed by atoms with Crippen molar-refractivity contribution in [3.05, 3.63) is 52.0 Å². The lowest BCUT2D eigenvalue weighted by Crippen LogP contribution is -2.33. The van der Waals surface area contributed by atoms with E-state index in [1.807, 2.05) is 42.6 Å². The second kappa shape index (κ2) is 6.48. The molecule has 1 aliphatic rings. The van der Waals surface area contributed by atoms with Gasteiger partial charge in [0.1, 0.15) is 0 Å². The third kappa shape index (κ3) is 3.39. The molecule has 0 bridgehead atoms. The van der Waals surface area contributed by atoms with Crippen molar-refractivity contribution < 1.29 is 8.42 Å². The van der Waals surface area contributed by atoms with Crippen LogP contribution in [0.3, 0.4) is 0 Å². The summed E-state index contributed by atoms with van der Waals surface area (Å²) >= 11 is 1.61. The van der Waals surface area contributed by atoms with E-state index in [0.29, 0.717) is 13.0 Å². The first-order chi connectivity index (χ1) is 10.6. The van der Waals surface area contributed by atoms with Gasteiger partial charge in [0.15, 0.2) is 0 Å². The molecule has 1 aliphatic heterocycles. The molecule has 1 fully saturated rings. The number of pyridine rings is 1. The van der Waals surface area contributed by atoms with Gasteiger partial charge in [0.25, 0.3) is 0 Å². The Hall–Kier alpha value is -1.24. The van der Waals surface area contributed by atoms with Gasteiger partial charge in [-0.25, -0.2) is 8.42 Å². The van der Waals surface area contributed by atoms with Gasteiger partial charge in [0.2, 0.25) is 10.0 Å². The molecule has 0 spiro atoms. The van der Waals surface area contributed by atoms with Crippen LogP contribution in [0.5, 0.6) is 0 Å². The monoisotopic (exact) mass is 336 g/mol. The molecule has 1 saturated heterocycles. The van der Waals surface area contributed by atoms with Crippen molar-refractivity contribution in [3.63, 3.8) is 0 Å². The second-order valence-electron chi connectivity index (χ2n) is 5.62. The van der Waals surface area contributed by atoms with Crippen LogP contribution in [0.2, 0.25) is 0 Å². The highest BCUT2D eigenvalue weighted by Crippen LogP contribution is 2.33. The molecule has 0 unspecified atom stereocenters. The highest BCUT2D eigenvalue weighted by Gasteiger charge is 2.35. The normalized spacial score (nSPS) is 19.6. The highest BCUT2D eigenvalue weighted by molar-refractivity contribution is 7.89. The molecular weight excluding hydrogens is 316 g/mol. The summed E-state index contributed by atoms with van der Waals surface area (Å²) in [7, 11) is -3.25. The maximum Gasteiger partial charge on any atom is 0.215 e. The van der Waals surface area contributed by atoms with Crippen LogP contribution in [0.4, 0.5) is 0 Å². The number of aryl methyl sites for hydroxylation is 2. The van der Waals surface area contributed by atoms with Gasteiger partial charge in [-0.1, -0.05) is 12.1 Å². The van der Waals surface area contributed by atoms with Crippen molar-refractivity contribution in [3.8, 4) is 0 Å². The number of sulfonamides is 1. The molecule has 1 atom stereocenters. The van der Waals surface area contributed by atoms with Crippen LogP contribution < -0.4 is 0 Å². The molecule has 6 heteroatoms. The minimum Gasteiger partial charge on any atom is -0.256 e. The average molecular weight is 336 g/mol. The summed E-state index contributed by atoms with van der Waals surface area (Å²) in [5.74, 6) is 0.176. The van der Waals surface area contributed by atoms with Crippen LogP contribution in [-0.2, 0) is 16.4 Å². The summed E-state index contributed by atoms with van der Waals surface area (Å²) in [4.78, 5) is 5.64. The number of hydrogen-bond donors (Lipinski definition) is 0. The third-order valence-electron chi connectivity index (χ3n) is 4.00. The molecular formula is C16H20N2O2S2. The van der Waals surface area contributed by atoms with Crippen molar-refractivity contribution >= 4 is 21.4 Å². The van der Waals surface area contributed by atoms with Gasteiger partial charge >= 0.3 is 0 Å². The third-order valence-corrected chi connectivity index (χ3v) is 6.81. The minimum atomic E-state index is -3.25. The molecule has 2 aromatic rings. The van der Waals surface area contributed by atoms with E-state index in [-0.39, 0.29) is 11.8 Å². The predicted octanol–water partition coefficient (Wildman–Crippen LogP) is 3.16. The van der Waals surface area contributed by atoms with Gasteiger partial charge in [-0.05, 0) is 49.8 Å². The SMILES string of the molecule is Cc1cccc([C@H]2CCCN2S(=O)(=O)CCc2cccs2)n1. The van der Waals surface area contributed by atoms with Gasteiger partial charge in [-0.2, -0.15) is 4.31 Å². The average Bonchev–Trinajstić information content (AvgIpc) is 3.17. The Bertz CT molecular complexity index is 726. The zero-order valence-electron chi connectivity index (χ0n) is 12.6. The first-order valence-corrected chi connectivity index (χ1v) is 10.0. The van der Waals surface area contributed by atoms with Gasteiger partial charge in [-0.15, -0.1) is 11.3 Å². The molecule has 0 radical (unpaired) electrons. The van der Waals surface area contributed by atoms with E-state index in [4.69, 9.17) is 0 Å². The van der Waals surface area contributed by atoms with Crippen LogP contribution in [0, 0.1) is 6.92 Å². The maximum atomic E-state index is 12.7. The Morgan fingerprint density at radius 2 is 2.18 bits per heavy atom. The van der Waals surface area contributed by atoms with Crippen molar-refractivity contribution in [1.82, 2.24) is 9.29 Å². The van der Waals surface area contributed by atoms with Crippen molar-refractivity contribution in [2.75, 3.05) is 12.3 Å². The maximum absolute atomic E-state index is 12.7. The van der Waals surface area contributed by atoms with Crippen molar-refractivity contribution in [2.24, 2.45) is 0 Å². The van der Waals surface area contributed by atoms with Crippen molar-refractivity contribution in [1.29, 1.82) is 0 Å². The number of hydrogen-bond acceptors (Lipinski definition) is 4. The lowest BCUT2D eigenvalue weighted by atomic mass is 10.1. The highest BCUT2D eigenvalue weighted by atomic mass is 32.2. The fraction of sp³-hybridized carbons (Fsp3) is 0.438. The molecule has 0 aromatic carbocycles. The Morgan fingerprint density at radius 3 is 2.91 bits per heavy atom. The fourth-order valence-electron chi connectivity index (χ4n) is 2.92. The Labute approximate surface area is 135 Å². The Kier molecular flexibility index (Phi) is 4.61. The Balaban J connectivity index is 1.76. The van der Waals surface area contributed by atoms with Gasteiger partial charge in [0, 0.05) is 17.1 Å². The molecule has 0 N–H and O–H groups in total. The molecule has 22 heavy (non-hydrogen) atoms. The van der Waals surface area contributed by atoms with Gasteiger partial charge in [0.05, 0.1) is 17.5 Å². The van der Waals surface area contributed by atoms with Crippen LogP contribution >= 0.6 is 11.3 Å². The number of aromatic nitrogens is 1. The largest absolute Gasteiger partial charge is 0.256 e. The van der Waals surface area contributed by atoms with Gasteiger partial charge < -0.3 is 0 Å². The molecule has 3 heterocycles. The molecule has 4 nitrogen and oxygen atoms in total. The van der Waals surface area contributed by atoms with Crippen molar-refractivity contribution in [2.45, 2.75) is 32.2 Å². The molecule has 118 valence electrons. The van der Waals surface area contributed by atoms with E-state index in [1.54, 1.807) is 15.6 Å². The molecule has 0 aliphatic carbocycles. The van der Waals surface area contributed by atoms with E-state index in [2.05, 4.69) is 4.98 Å². The zero-order valence-corrected chi connectivity index (χ0v) is 14.2. The van der Waals surface area contributed by atoms with Crippen LogP contribution in [0.25, 0.3) is 0 Å². The molecule has 0 saturated carbocycles. The summed E-state index contributed by atoms with van der Waals surface area (Å²) in [6.07, 6.45) is 2.34. The summed E-state index contributed by atoms with van der Waals surface area (Å²) in [5, 5.41) is 1.98. The lowest BCUT2D eigenvalue weighted by molar-refractivity contribution is 0.390. The molecule has 0 amide bonds. The van der Waals surface area contributed by atoms with Crippen LogP contribution in [0.1, 0.15) is 35.1 Å². The Morgan fingerprint density at radius 1 is 1.32 bits per heavy atom. The predicted molar refractivity (Wildman–Crippen MR) is 89.5 cm³/mol. The first kappa shape index (κ1) is 15.6. The summed E-state index contributed by atoms with van der Waals surface area (Å²) in [5.41, 5.74) is 1.80.